The Kier molecular flexibility index (Phi) is 31.4. The number of unbranched alkanes of at least 4 members (excludes halogenated alkanes) is 3. The van der Waals surface area contributed by atoms with E-state index in [9.17, 15) is 8.42 Å². The van der Waals surface area contributed by atoms with Crippen LogP contribution < -0.4 is 0 Å². The SMILES string of the molecule is CCCCCCOS(=O)(=O)O.CCOCC.OCCOCCOCCO. The van der Waals surface area contributed by atoms with E-state index < -0.39 is 10.4 Å². The molecule has 26 heavy (non-hydrogen) atoms. The van der Waals surface area contributed by atoms with Gasteiger partial charge in [-0.15, -0.1) is 0 Å². The molecule has 0 saturated carbocycles. The maximum atomic E-state index is 10.00. The second-order valence-electron chi connectivity index (χ2n) is 4.76. The van der Waals surface area contributed by atoms with Gasteiger partial charge < -0.3 is 24.4 Å². The molecule has 0 radical (unpaired) electrons. The molecule has 0 amide bonds. The number of ether oxygens (including phenoxy) is 3. The Morgan fingerprint density at radius 3 is 1.50 bits per heavy atom. The summed E-state index contributed by atoms with van der Waals surface area (Å²) < 4.78 is 46.8. The molecule has 162 valence electrons. The highest BCUT2D eigenvalue weighted by atomic mass is 32.3. The van der Waals surface area contributed by atoms with Crippen molar-refractivity contribution in [2.45, 2.75) is 46.5 Å². The molecular formula is C16H38O9S. The molecule has 0 aliphatic rings. The minimum Gasteiger partial charge on any atom is -0.394 e. The van der Waals surface area contributed by atoms with Crippen LogP contribution in [0, 0.1) is 0 Å². The van der Waals surface area contributed by atoms with Crippen molar-refractivity contribution < 1.29 is 41.6 Å². The predicted octanol–water partition coefficient (Wildman–Crippen LogP) is 1.43. The lowest BCUT2D eigenvalue weighted by atomic mass is 10.2. The van der Waals surface area contributed by atoms with Crippen molar-refractivity contribution >= 4 is 10.4 Å². The van der Waals surface area contributed by atoms with E-state index in [0.717, 1.165) is 32.5 Å². The van der Waals surface area contributed by atoms with Crippen molar-refractivity contribution in [1.82, 2.24) is 0 Å². The molecule has 9 nitrogen and oxygen atoms in total. The van der Waals surface area contributed by atoms with E-state index >= 15 is 0 Å². The summed E-state index contributed by atoms with van der Waals surface area (Å²) in [7, 11) is -4.21. The van der Waals surface area contributed by atoms with Gasteiger partial charge in [0.15, 0.2) is 0 Å². The van der Waals surface area contributed by atoms with Gasteiger partial charge in [-0.25, -0.2) is 4.18 Å². The number of aliphatic hydroxyl groups is 2. The fraction of sp³-hybridized carbons (Fsp3) is 1.00. The van der Waals surface area contributed by atoms with Crippen molar-refractivity contribution in [3.05, 3.63) is 0 Å². The molecule has 0 aliphatic carbocycles. The minimum atomic E-state index is -4.21. The first-order valence-corrected chi connectivity index (χ1v) is 10.3. The Balaban J connectivity index is -0.000000327. The van der Waals surface area contributed by atoms with Gasteiger partial charge >= 0.3 is 10.4 Å². The molecule has 0 saturated heterocycles. The zero-order valence-electron chi connectivity index (χ0n) is 16.4. The van der Waals surface area contributed by atoms with Gasteiger partial charge in [0.05, 0.1) is 46.2 Å². The van der Waals surface area contributed by atoms with E-state index in [1.54, 1.807) is 0 Å². The van der Waals surface area contributed by atoms with Crippen molar-refractivity contribution in [3.63, 3.8) is 0 Å². The molecule has 0 aliphatic heterocycles. The molecule has 0 atom stereocenters. The Labute approximate surface area is 158 Å². The minimum absolute atomic E-state index is 0.0417. The standard InChI is InChI=1S/C6H14O4S.C6H14O4.C4H10O/c1-2-3-4-5-6-10-11(7,8)9;7-1-3-9-5-6-10-4-2-8;1-3-5-4-2/h2-6H2,1H3,(H,7,8,9);7-8H,1-6H2;3-4H2,1-2H3. The zero-order chi connectivity index (χ0) is 20.5. The van der Waals surface area contributed by atoms with E-state index in [1.807, 2.05) is 13.8 Å². The third kappa shape index (κ3) is 43.8. The van der Waals surface area contributed by atoms with E-state index in [-0.39, 0.29) is 19.8 Å². The number of hydrogen-bond donors (Lipinski definition) is 3. The van der Waals surface area contributed by atoms with Crippen LogP contribution in [0.5, 0.6) is 0 Å². The zero-order valence-corrected chi connectivity index (χ0v) is 17.2. The third-order valence-corrected chi connectivity index (χ3v) is 2.95. The molecule has 0 heterocycles. The highest BCUT2D eigenvalue weighted by molar-refractivity contribution is 7.80. The Morgan fingerprint density at radius 1 is 0.692 bits per heavy atom. The van der Waals surface area contributed by atoms with Gasteiger partial charge in [-0.2, -0.15) is 8.42 Å². The quantitative estimate of drug-likeness (QED) is 0.273. The first kappa shape index (κ1) is 30.4. The maximum Gasteiger partial charge on any atom is 0.397 e. The monoisotopic (exact) mass is 406 g/mol. The summed E-state index contributed by atoms with van der Waals surface area (Å²) in [6.07, 6.45) is 3.76. The fourth-order valence-electron chi connectivity index (χ4n) is 1.35. The topological polar surface area (TPSA) is 132 Å². The molecule has 0 fully saturated rings. The van der Waals surface area contributed by atoms with Gasteiger partial charge in [-0.05, 0) is 20.3 Å². The van der Waals surface area contributed by atoms with Crippen LogP contribution in [-0.4, -0.2) is 82.6 Å². The van der Waals surface area contributed by atoms with Gasteiger partial charge in [0.2, 0.25) is 0 Å². The highest BCUT2D eigenvalue weighted by Crippen LogP contribution is 1.99. The normalized spacial score (nSPS) is 10.5. The summed E-state index contributed by atoms with van der Waals surface area (Å²) in [6, 6.07) is 0. The number of aliphatic hydroxyl groups excluding tert-OH is 2. The molecule has 0 aromatic heterocycles. The summed E-state index contributed by atoms with van der Waals surface area (Å²) in [5, 5.41) is 16.5. The van der Waals surface area contributed by atoms with E-state index in [0.29, 0.717) is 32.8 Å². The lowest BCUT2D eigenvalue weighted by molar-refractivity contribution is 0.0222. The molecular weight excluding hydrogens is 368 g/mol. The number of hydrogen-bond acceptors (Lipinski definition) is 8. The number of rotatable bonds is 15. The van der Waals surface area contributed by atoms with E-state index in [4.69, 9.17) is 29.0 Å². The van der Waals surface area contributed by atoms with Gasteiger partial charge in [-0.3, -0.25) is 4.55 Å². The molecule has 3 N–H and O–H groups in total. The van der Waals surface area contributed by atoms with Crippen LogP contribution in [0.3, 0.4) is 0 Å². The van der Waals surface area contributed by atoms with Gasteiger partial charge in [0.1, 0.15) is 0 Å². The van der Waals surface area contributed by atoms with Crippen molar-refractivity contribution in [2.24, 2.45) is 0 Å². The molecule has 0 spiro atoms. The molecule has 0 bridgehead atoms. The smallest absolute Gasteiger partial charge is 0.394 e. The van der Waals surface area contributed by atoms with Crippen molar-refractivity contribution in [3.8, 4) is 0 Å². The fourth-order valence-corrected chi connectivity index (χ4v) is 1.68. The lowest BCUT2D eigenvalue weighted by Crippen LogP contribution is -2.09. The summed E-state index contributed by atoms with van der Waals surface area (Å²) in [4.78, 5) is 0. The van der Waals surface area contributed by atoms with Crippen LogP contribution >= 0.6 is 0 Å². The van der Waals surface area contributed by atoms with Crippen LogP contribution in [0.2, 0.25) is 0 Å². The van der Waals surface area contributed by atoms with Crippen molar-refractivity contribution in [1.29, 1.82) is 0 Å². The average molecular weight is 407 g/mol. The summed E-state index contributed by atoms with van der Waals surface area (Å²) in [6.45, 7) is 9.54. The summed E-state index contributed by atoms with van der Waals surface area (Å²) in [5.41, 5.74) is 0. The molecule has 0 unspecified atom stereocenters. The van der Waals surface area contributed by atoms with Gasteiger partial charge in [0, 0.05) is 13.2 Å². The summed E-state index contributed by atoms with van der Waals surface area (Å²) in [5.74, 6) is 0. The summed E-state index contributed by atoms with van der Waals surface area (Å²) >= 11 is 0. The molecule has 0 aromatic carbocycles. The van der Waals surface area contributed by atoms with Crippen LogP contribution in [0.4, 0.5) is 0 Å². The van der Waals surface area contributed by atoms with Gasteiger partial charge in [0.25, 0.3) is 0 Å². The van der Waals surface area contributed by atoms with Crippen LogP contribution in [-0.2, 0) is 28.8 Å². The maximum absolute atomic E-state index is 10.00. The van der Waals surface area contributed by atoms with Crippen molar-refractivity contribution in [2.75, 3.05) is 59.5 Å². The lowest BCUT2D eigenvalue weighted by Gasteiger charge is -2.01. The predicted molar refractivity (Wildman–Crippen MR) is 99.6 cm³/mol. The first-order valence-electron chi connectivity index (χ1n) is 8.96. The van der Waals surface area contributed by atoms with Gasteiger partial charge in [-0.1, -0.05) is 26.2 Å². The first-order chi connectivity index (χ1) is 12.4. The molecule has 10 heteroatoms. The average Bonchev–Trinajstić information content (AvgIpc) is 2.59. The second kappa shape index (κ2) is 26.9. The van der Waals surface area contributed by atoms with E-state index in [1.165, 1.54) is 0 Å². The highest BCUT2D eigenvalue weighted by Gasteiger charge is 2.01. The van der Waals surface area contributed by atoms with Crippen LogP contribution in [0.25, 0.3) is 0 Å². The Hall–Kier alpha value is -0.330. The largest absolute Gasteiger partial charge is 0.397 e. The van der Waals surface area contributed by atoms with Crippen LogP contribution in [0.15, 0.2) is 0 Å². The Bertz CT molecular complexity index is 314. The van der Waals surface area contributed by atoms with Crippen LogP contribution in [0.1, 0.15) is 46.5 Å². The third-order valence-electron chi connectivity index (χ3n) is 2.48. The molecule has 0 rings (SSSR count). The Morgan fingerprint density at radius 2 is 1.19 bits per heavy atom. The molecule has 0 aromatic rings. The second-order valence-corrected chi connectivity index (χ2v) is 5.85. The van der Waals surface area contributed by atoms with E-state index in [2.05, 4.69) is 11.1 Å².